The third kappa shape index (κ3) is 3.37. The van der Waals surface area contributed by atoms with Crippen LogP contribution < -0.4 is 9.21 Å². The van der Waals surface area contributed by atoms with Crippen molar-refractivity contribution in [3.05, 3.63) is 52.5 Å². The summed E-state index contributed by atoms with van der Waals surface area (Å²) in [7, 11) is -4.20. The molecule has 4 rings (SSSR count). The van der Waals surface area contributed by atoms with E-state index in [2.05, 4.69) is 20.8 Å². The van der Waals surface area contributed by atoms with E-state index in [9.17, 15) is 21.6 Å². The number of ether oxygens (including phenoxy) is 1. The Hall–Kier alpha value is -1.78. The number of benzene rings is 2. The highest BCUT2D eigenvalue weighted by Gasteiger charge is 2.39. The van der Waals surface area contributed by atoms with Crippen LogP contribution in [0.1, 0.15) is 5.56 Å². The molecular formula is C18H16BrF3N2O3S. The molecule has 2 aliphatic rings. The van der Waals surface area contributed by atoms with Crippen molar-refractivity contribution in [1.82, 2.24) is 0 Å². The van der Waals surface area contributed by atoms with E-state index in [1.165, 1.54) is 10.4 Å². The van der Waals surface area contributed by atoms with E-state index in [-0.39, 0.29) is 12.6 Å². The quantitative estimate of drug-likeness (QED) is 0.659. The molecule has 28 heavy (non-hydrogen) atoms. The molecule has 1 saturated heterocycles. The Labute approximate surface area is 168 Å². The standard InChI is InChI=1S/C18H16BrF3N2O3S/c19-13-4-5-16-17(9-13)24(10-14-11-27-7-6-23(14)16)28(25,26)15-3-1-2-12(8-15)18(20,21)22/h1-5,8-9,14H,6-7,10-11H2/t14-/m0/s1. The molecule has 1 atom stereocenters. The topological polar surface area (TPSA) is 49.9 Å². The van der Waals surface area contributed by atoms with Crippen molar-refractivity contribution in [2.75, 3.05) is 35.5 Å². The highest BCUT2D eigenvalue weighted by Crippen LogP contribution is 2.41. The van der Waals surface area contributed by atoms with Crippen LogP contribution in [0.15, 0.2) is 51.8 Å². The van der Waals surface area contributed by atoms with Crippen LogP contribution in [-0.4, -0.2) is 40.8 Å². The molecule has 2 heterocycles. The first-order valence-electron chi connectivity index (χ1n) is 8.52. The summed E-state index contributed by atoms with van der Waals surface area (Å²) in [6, 6.07) is 8.92. The van der Waals surface area contributed by atoms with Crippen molar-refractivity contribution in [1.29, 1.82) is 0 Å². The summed E-state index contributed by atoms with van der Waals surface area (Å²) in [6.45, 7) is 1.61. The van der Waals surface area contributed by atoms with Crippen molar-refractivity contribution in [3.63, 3.8) is 0 Å². The van der Waals surface area contributed by atoms with E-state index in [1.54, 1.807) is 6.07 Å². The molecule has 0 radical (unpaired) electrons. The molecule has 0 N–H and O–H groups in total. The number of alkyl halides is 3. The molecule has 0 amide bonds. The Morgan fingerprint density at radius 1 is 1.11 bits per heavy atom. The molecule has 2 aromatic rings. The average molecular weight is 477 g/mol. The average Bonchev–Trinajstić information content (AvgIpc) is 2.66. The Kier molecular flexibility index (Phi) is 4.83. The molecule has 150 valence electrons. The summed E-state index contributed by atoms with van der Waals surface area (Å²) in [6.07, 6.45) is -4.62. The Morgan fingerprint density at radius 3 is 2.64 bits per heavy atom. The number of morpholine rings is 1. The molecule has 0 aromatic heterocycles. The van der Waals surface area contributed by atoms with Crippen molar-refractivity contribution in [3.8, 4) is 0 Å². The smallest absolute Gasteiger partial charge is 0.377 e. The van der Waals surface area contributed by atoms with E-state index in [0.717, 1.165) is 17.8 Å². The van der Waals surface area contributed by atoms with Gasteiger partial charge in [-0.2, -0.15) is 13.2 Å². The summed E-state index contributed by atoms with van der Waals surface area (Å²) in [4.78, 5) is 1.70. The van der Waals surface area contributed by atoms with Gasteiger partial charge in [0, 0.05) is 11.0 Å². The molecule has 0 saturated carbocycles. The second-order valence-corrected chi connectivity index (χ2v) is 9.39. The van der Waals surface area contributed by atoms with Crippen molar-refractivity contribution < 1.29 is 26.3 Å². The van der Waals surface area contributed by atoms with Crippen LogP contribution in [0.3, 0.4) is 0 Å². The third-order valence-electron chi connectivity index (χ3n) is 4.87. The van der Waals surface area contributed by atoms with Gasteiger partial charge < -0.3 is 9.64 Å². The number of hydrogen-bond acceptors (Lipinski definition) is 4. The summed E-state index contributed by atoms with van der Waals surface area (Å²) in [5.41, 5.74) is 0.158. The SMILES string of the molecule is O=S(=O)(c1cccc(C(F)(F)F)c1)N1C[C@H]2COCCN2c2ccc(Br)cc21. The maximum Gasteiger partial charge on any atom is 0.416 e. The van der Waals surface area contributed by atoms with Crippen LogP contribution in [0.2, 0.25) is 0 Å². The van der Waals surface area contributed by atoms with Gasteiger partial charge in [0.1, 0.15) is 0 Å². The molecule has 2 aliphatic heterocycles. The van der Waals surface area contributed by atoms with E-state index >= 15 is 0 Å². The normalized spacial score (nSPS) is 19.9. The van der Waals surface area contributed by atoms with Crippen molar-refractivity contribution in [2.24, 2.45) is 0 Å². The molecule has 10 heteroatoms. The zero-order chi connectivity index (χ0) is 20.1. The fourth-order valence-corrected chi connectivity index (χ4v) is 5.44. The fourth-order valence-electron chi connectivity index (χ4n) is 3.54. The van der Waals surface area contributed by atoms with E-state index in [4.69, 9.17) is 4.74 Å². The number of halogens is 4. The van der Waals surface area contributed by atoms with E-state index in [1.807, 2.05) is 12.1 Å². The van der Waals surface area contributed by atoms with Gasteiger partial charge in [-0.3, -0.25) is 4.31 Å². The lowest BCUT2D eigenvalue weighted by Gasteiger charge is -2.46. The van der Waals surface area contributed by atoms with Crippen molar-refractivity contribution in [2.45, 2.75) is 17.1 Å². The molecule has 0 spiro atoms. The second-order valence-electron chi connectivity index (χ2n) is 6.62. The highest BCUT2D eigenvalue weighted by molar-refractivity contribution is 9.10. The molecular weight excluding hydrogens is 461 g/mol. The number of fused-ring (bicyclic) bond motifs is 3. The number of hydrogen-bond donors (Lipinski definition) is 0. The first kappa shape index (κ1) is 19.5. The molecule has 1 fully saturated rings. The van der Waals surface area contributed by atoms with Gasteiger partial charge >= 0.3 is 6.18 Å². The minimum absolute atomic E-state index is 0.0992. The second kappa shape index (κ2) is 6.93. The maximum absolute atomic E-state index is 13.3. The predicted octanol–water partition coefficient (Wildman–Crippen LogP) is 3.88. The number of rotatable bonds is 2. The molecule has 0 unspecified atom stereocenters. The first-order valence-corrected chi connectivity index (χ1v) is 10.8. The lowest BCUT2D eigenvalue weighted by molar-refractivity contribution is -0.137. The van der Waals surface area contributed by atoms with Crippen LogP contribution in [-0.2, 0) is 20.9 Å². The van der Waals surface area contributed by atoms with Crippen LogP contribution in [0.25, 0.3) is 0 Å². The number of sulfonamides is 1. The van der Waals surface area contributed by atoms with Crippen molar-refractivity contribution >= 4 is 37.3 Å². The van der Waals surface area contributed by atoms with E-state index < -0.39 is 26.7 Å². The molecule has 5 nitrogen and oxygen atoms in total. The summed E-state index contributed by atoms with van der Waals surface area (Å²) < 4.78 is 73.2. The minimum Gasteiger partial charge on any atom is -0.377 e. The van der Waals surface area contributed by atoms with Crippen LogP contribution in [0.5, 0.6) is 0 Å². The van der Waals surface area contributed by atoms with Gasteiger partial charge in [0.25, 0.3) is 10.0 Å². The van der Waals surface area contributed by atoms with Gasteiger partial charge in [0.2, 0.25) is 0 Å². The monoisotopic (exact) mass is 476 g/mol. The number of anilines is 2. The van der Waals surface area contributed by atoms with Crippen LogP contribution >= 0.6 is 15.9 Å². The Morgan fingerprint density at radius 2 is 1.89 bits per heavy atom. The summed E-state index contributed by atoms with van der Waals surface area (Å²) >= 11 is 3.35. The van der Waals surface area contributed by atoms with Gasteiger partial charge in [0.05, 0.1) is 47.6 Å². The Bertz CT molecular complexity index is 1010. The minimum atomic E-state index is -4.62. The van der Waals surface area contributed by atoms with Crippen LogP contribution in [0, 0.1) is 0 Å². The van der Waals surface area contributed by atoms with E-state index in [0.29, 0.717) is 36.0 Å². The molecule has 0 aliphatic carbocycles. The lowest BCUT2D eigenvalue weighted by Crippen LogP contribution is -2.56. The van der Waals surface area contributed by atoms with Gasteiger partial charge in [-0.15, -0.1) is 0 Å². The summed E-state index contributed by atoms with van der Waals surface area (Å²) in [5, 5.41) is 0. The first-order chi connectivity index (χ1) is 13.2. The van der Waals surface area contributed by atoms with Gasteiger partial charge in [-0.25, -0.2) is 8.42 Å². The fraction of sp³-hybridized carbons (Fsp3) is 0.333. The molecule has 0 bridgehead atoms. The van der Waals surface area contributed by atoms with Gasteiger partial charge in [-0.1, -0.05) is 22.0 Å². The zero-order valence-corrected chi connectivity index (χ0v) is 16.9. The third-order valence-corrected chi connectivity index (χ3v) is 7.14. The highest BCUT2D eigenvalue weighted by atomic mass is 79.9. The maximum atomic E-state index is 13.3. The van der Waals surface area contributed by atoms with Gasteiger partial charge in [0.15, 0.2) is 0 Å². The Balaban J connectivity index is 1.82. The molecule has 2 aromatic carbocycles. The van der Waals surface area contributed by atoms with Crippen LogP contribution in [0.4, 0.5) is 24.5 Å². The van der Waals surface area contributed by atoms with Gasteiger partial charge in [-0.05, 0) is 36.4 Å². The zero-order valence-electron chi connectivity index (χ0n) is 14.5. The number of nitrogens with zero attached hydrogens (tertiary/aromatic N) is 2. The largest absolute Gasteiger partial charge is 0.416 e. The predicted molar refractivity (Wildman–Crippen MR) is 102 cm³/mol. The summed E-state index contributed by atoms with van der Waals surface area (Å²) in [5.74, 6) is 0. The lowest BCUT2D eigenvalue weighted by atomic mass is 10.1.